The average Bonchev–Trinajstić information content (AvgIpc) is 3.38. The molecule has 2 unspecified atom stereocenters. The first-order chi connectivity index (χ1) is 22.0. The Morgan fingerprint density at radius 3 is 1.58 bits per heavy atom. The second-order valence-electron chi connectivity index (χ2n) is 14.2. The van der Waals surface area contributed by atoms with Gasteiger partial charge in [0.25, 0.3) is 0 Å². The van der Waals surface area contributed by atoms with E-state index in [0.29, 0.717) is 13.2 Å². The lowest BCUT2D eigenvalue weighted by atomic mass is 9.98. The predicted molar refractivity (Wildman–Crippen MR) is 200 cm³/mol. The third-order valence-corrected chi connectivity index (χ3v) is 9.35. The van der Waals surface area contributed by atoms with Crippen molar-refractivity contribution in [2.24, 2.45) is 5.73 Å². The molecule has 2 N–H and O–H groups in total. The van der Waals surface area contributed by atoms with Crippen LogP contribution in [0.1, 0.15) is 195 Å². The van der Waals surface area contributed by atoms with Crippen LogP contribution in [0.25, 0.3) is 0 Å². The maximum Gasteiger partial charge on any atom is 0.169 e. The quantitative estimate of drug-likeness (QED) is 0.0614. The zero-order valence-corrected chi connectivity index (χ0v) is 30.7. The van der Waals surface area contributed by atoms with Crippen LogP contribution in [0.2, 0.25) is 0 Å². The summed E-state index contributed by atoms with van der Waals surface area (Å²) in [6.45, 7) is 10.1. The van der Waals surface area contributed by atoms with E-state index in [1.807, 2.05) is 0 Å². The Bertz CT molecular complexity index is 784. The van der Waals surface area contributed by atoms with Crippen molar-refractivity contribution in [3.8, 4) is 0 Å². The fraction of sp³-hybridized carbons (Fsp3) is 0.810. The van der Waals surface area contributed by atoms with Gasteiger partial charge in [-0.2, -0.15) is 0 Å². The van der Waals surface area contributed by atoms with Gasteiger partial charge in [-0.25, -0.2) is 0 Å². The van der Waals surface area contributed by atoms with E-state index in [4.69, 9.17) is 15.2 Å². The largest absolute Gasteiger partial charge is 0.347 e. The molecule has 1 aliphatic rings. The van der Waals surface area contributed by atoms with Crippen LogP contribution in [0.15, 0.2) is 48.1 Å². The van der Waals surface area contributed by atoms with Gasteiger partial charge in [-0.1, -0.05) is 139 Å². The molecule has 0 saturated carbocycles. The standard InChI is InChI=1S/C42H77NO2/c1-5-7-9-11-13-14-15-16-17-18-19-20-21-24-28-32-36-42(44-39-41(4,38-43)45-42)37-33-29-25-22-23-27-31-35-40(3)34-30-26-12-10-8-6-2/h13-14,16-17,26,30,35H,5-12,15,18-25,27-29,31-34,36-39,43H2,1-4H3/b14-13-,17-16-,30-26-,40-35-. The molecule has 1 rings (SSSR count). The van der Waals surface area contributed by atoms with E-state index in [1.165, 1.54) is 147 Å². The van der Waals surface area contributed by atoms with Gasteiger partial charge in [-0.3, -0.25) is 0 Å². The minimum absolute atomic E-state index is 0.325. The van der Waals surface area contributed by atoms with Crippen LogP contribution in [-0.4, -0.2) is 24.5 Å². The summed E-state index contributed by atoms with van der Waals surface area (Å²) in [6, 6.07) is 0. The van der Waals surface area contributed by atoms with Crippen LogP contribution in [-0.2, 0) is 9.47 Å². The summed E-state index contributed by atoms with van der Waals surface area (Å²) in [5, 5.41) is 0. The minimum atomic E-state index is -0.407. The Morgan fingerprint density at radius 1 is 0.600 bits per heavy atom. The van der Waals surface area contributed by atoms with Crippen LogP contribution in [0.3, 0.4) is 0 Å². The van der Waals surface area contributed by atoms with Crippen LogP contribution < -0.4 is 5.73 Å². The number of hydrogen-bond donors (Lipinski definition) is 1. The third kappa shape index (κ3) is 23.8. The first kappa shape index (κ1) is 41.9. The summed E-state index contributed by atoms with van der Waals surface area (Å²) in [6.07, 6.45) is 49.3. The fourth-order valence-corrected chi connectivity index (χ4v) is 6.22. The highest BCUT2D eigenvalue weighted by atomic mass is 16.8. The fourth-order valence-electron chi connectivity index (χ4n) is 6.22. The summed E-state index contributed by atoms with van der Waals surface area (Å²) in [5.41, 5.74) is 7.25. The van der Waals surface area contributed by atoms with Crippen LogP contribution in [0, 0.1) is 0 Å². The molecule has 0 aliphatic carbocycles. The van der Waals surface area contributed by atoms with Crippen molar-refractivity contribution in [2.75, 3.05) is 13.2 Å². The van der Waals surface area contributed by atoms with Gasteiger partial charge in [0.1, 0.15) is 5.60 Å². The first-order valence-electron chi connectivity index (χ1n) is 19.6. The maximum atomic E-state index is 6.57. The van der Waals surface area contributed by atoms with E-state index >= 15 is 0 Å². The van der Waals surface area contributed by atoms with Crippen LogP contribution >= 0.6 is 0 Å². The van der Waals surface area contributed by atoms with Crippen molar-refractivity contribution in [2.45, 2.75) is 206 Å². The Morgan fingerprint density at radius 2 is 1.07 bits per heavy atom. The number of allylic oxidation sites excluding steroid dienone is 8. The van der Waals surface area contributed by atoms with E-state index in [1.54, 1.807) is 0 Å². The Balaban J connectivity index is 2.14. The Kier molecular flexibility index (Phi) is 27.0. The molecular weight excluding hydrogens is 550 g/mol. The second-order valence-corrected chi connectivity index (χ2v) is 14.2. The van der Waals surface area contributed by atoms with Crippen LogP contribution in [0.4, 0.5) is 0 Å². The highest BCUT2D eigenvalue weighted by molar-refractivity contribution is 5.04. The predicted octanol–water partition coefficient (Wildman–Crippen LogP) is 13.2. The van der Waals surface area contributed by atoms with Gasteiger partial charge in [0.05, 0.1) is 6.61 Å². The second kappa shape index (κ2) is 29.0. The van der Waals surface area contributed by atoms with Crippen molar-refractivity contribution in [1.29, 1.82) is 0 Å². The summed E-state index contributed by atoms with van der Waals surface area (Å²) in [5.74, 6) is -0.407. The molecule has 0 amide bonds. The SMILES string of the molecule is CCCCC/C=C\C/C=C\CCCCCCCCC1(CCCCCCCC/C=C(/C)C/C=C\CCCCC)OCC(C)(CN)O1. The Hall–Kier alpha value is -1.16. The zero-order valence-electron chi connectivity index (χ0n) is 30.7. The summed E-state index contributed by atoms with van der Waals surface area (Å²) >= 11 is 0. The third-order valence-electron chi connectivity index (χ3n) is 9.35. The zero-order chi connectivity index (χ0) is 32.7. The van der Waals surface area contributed by atoms with Gasteiger partial charge in [0.2, 0.25) is 0 Å². The molecule has 0 bridgehead atoms. The number of hydrogen-bond acceptors (Lipinski definition) is 3. The highest BCUT2D eigenvalue weighted by Gasteiger charge is 2.46. The van der Waals surface area contributed by atoms with Crippen LogP contribution in [0.5, 0.6) is 0 Å². The monoisotopic (exact) mass is 628 g/mol. The molecule has 0 aromatic rings. The van der Waals surface area contributed by atoms with E-state index in [0.717, 1.165) is 25.7 Å². The van der Waals surface area contributed by atoms with Gasteiger partial charge >= 0.3 is 0 Å². The van der Waals surface area contributed by atoms with Crippen molar-refractivity contribution in [3.63, 3.8) is 0 Å². The van der Waals surface area contributed by atoms with E-state index in [-0.39, 0.29) is 5.60 Å². The normalized spacial score (nSPS) is 21.0. The lowest BCUT2D eigenvalue weighted by Gasteiger charge is -2.31. The van der Waals surface area contributed by atoms with Gasteiger partial charge < -0.3 is 15.2 Å². The smallest absolute Gasteiger partial charge is 0.169 e. The van der Waals surface area contributed by atoms with E-state index < -0.39 is 5.79 Å². The van der Waals surface area contributed by atoms with Gasteiger partial charge in [0, 0.05) is 19.4 Å². The summed E-state index contributed by atoms with van der Waals surface area (Å²) < 4.78 is 13.0. The lowest BCUT2D eigenvalue weighted by molar-refractivity contribution is -0.193. The molecule has 3 nitrogen and oxygen atoms in total. The van der Waals surface area contributed by atoms with Gasteiger partial charge in [0.15, 0.2) is 5.79 Å². The topological polar surface area (TPSA) is 44.5 Å². The van der Waals surface area contributed by atoms with E-state index in [2.05, 4.69) is 70.2 Å². The molecule has 1 fully saturated rings. The molecule has 0 radical (unpaired) electrons. The molecule has 2 atom stereocenters. The van der Waals surface area contributed by atoms with Gasteiger partial charge in [-0.05, 0) is 90.9 Å². The van der Waals surface area contributed by atoms with Crippen molar-refractivity contribution >= 4 is 0 Å². The molecular formula is C42H77NO2. The molecule has 1 aliphatic heterocycles. The maximum absolute atomic E-state index is 6.57. The number of ether oxygens (including phenoxy) is 2. The first-order valence-corrected chi connectivity index (χ1v) is 19.6. The highest BCUT2D eigenvalue weighted by Crippen LogP contribution is 2.38. The molecule has 0 aromatic heterocycles. The molecule has 45 heavy (non-hydrogen) atoms. The Labute approximate surface area is 282 Å². The molecule has 262 valence electrons. The minimum Gasteiger partial charge on any atom is -0.347 e. The number of rotatable bonds is 31. The number of unbranched alkanes of at least 4 members (excludes halogenated alkanes) is 18. The van der Waals surface area contributed by atoms with Crippen molar-refractivity contribution < 1.29 is 9.47 Å². The summed E-state index contributed by atoms with van der Waals surface area (Å²) in [4.78, 5) is 0. The lowest BCUT2D eigenvalue weighted by Crippen LogP contribution is -2.40. The molecule has 3 heteroatoms. The molecule has 1 heterocycles. The van der Waals surface area contributed by atoms with Crippen molar-refractivity contribution in [3.05, 3.63) is 48.1 Å². The van der Waals surface area contributed by atoms with Crippen molar-refractivity contribution in [1.82, 2.24) is 0 Å². The van der Waals surface area contributed by atoms with Gasteiger partial charge in [-0.15, -0.1) is 0 Å². The number of nitrogens with two attached hydrogens (primary N) is 1. The van der Waals surface area contributed by atoms with E-state index in [9.17, 15) is 0 Å². The molecule has 1 saturated heterocycles. The summed E-state index contributed by atoms with van der Waals surface area (Å²) in [7, 11) is 0. The average molecular weight is 628 g/mol. The molecule has 0 aromatic carbocycles. The molecule has 0 spiro atoms.